The third kappa shape index (κ3) is 2.45. The van der Waals surface area contributed by atoms with Gasteiger partial charge in [-0.05, 0) is 30.2 Å². The Labute approximate surface area is 112 Å². The summed E-state index contributed by atoms with van der Waals surface area (Å²) in [4.78, 5) is 6.55. The molecule has 0 saturated carbocycles. The molecule has 0 saturated heterocycles. The Kier molecular flexibility index (Phi) is 2.95. The van der Waals surface area contributed by atoms with Gasteiger partial charge in [-0.25, -0.2) is 0 Å². The van der Waals surface area contributed by atoms with Crippen molar-refractivity contribution in [1.82, 2.24) is 4.98 Å². The molecule has 3 heteroatoms. The Bertz CT molecular complexity index is 688. The van der Waals surface area contributed by atoms with Crippen LogP contribution in [-0.2, 0) is 6.54 Å². The molecule has 2 aromatic carbocycles. The van der Waals surface area contributed by atoms with Gasteiger partial charge in [-0.3, -0.25) is 0 Å². The summed E-state index contributed by atoms with van der Waals surface area (Å²) in [5.41, 5.74) is 4.18. The van der Waals surface area contributed by atoms with Gasteiger partial charge in [0.15, 0.2) is 5.58 Å². The fourth-order valence-corrected chi connectivity index (χ4v) is 2.11. The van der Waals surface area contributed by atoms with Crippen molar-refractivity contribution in [3.05, 3.63) is 59.7 Å². The smallest absolute Gasteiger partial charge is 0.298 e. The van der Waals surface area contributed by atoms with Crippen LogP contribution in [-0.4, -0.2) is 12.0 Å². The highest BCUT2D eigenvalue weighted by molar-refractivity contribution is 5.75. The molecule has 0 amide bonds. The van der Waals surface area contributed by atoms with Crippen LogP contribution < -0.4 is 4.90 Å². The van der Waals surface area contributed by atoms with E-state index in [1.807, 2.05) is 48.3 Å². The molecule has 1 heterocycles. The highest BCUT2D eigenvalue weighted by atomic mass is 16.4. The molecular weight excluding hydrogens is 236 g/mol. The minimum atomic E-state index is 0.657. The normalized spacial score (nSPS) is 10.8. The van der Waals surface area contributed by atoms with Gasteiger partial charge in [0.1, 0.15) is 5.52 Å². The zero-order valence-electron chi connectivity index (χ0n) is 11.1. The number of hydrogen-bond acceptors (Lipinski definition) is 3. The predicted molar refractivity (Wildman–Crippen MR) is 77.3 cm³/mol. The van der Waals surface area contributed by atoms with Gasteiger partial charge in [-0.1, -0.05) is 36.4 Å². The third-order valence-corrected chi connectivity index (χ3v) is 3.12. The number of benzene rings is 2. The lowest BCUT2D eigenvalue weighted by atomic mass is 10.2. The van der Waals surface area contributed by atoms with Crippen molar-refractivity contribution < 1.29 is 4.42 Å². The highest BCUT2D eigenvalue weighted by Gasteiger charge is 2.10. The molecule has 3 rings (SSSR count). The highest BCUT2D eigenvalue weighted by Crippen LogP contribution is 2.23. The van der Waals surface area contributed by atoms with Gasteiger partial charge < -0.3 is 9.32 Å². The first kappa shape index (κ1) is 11.8. The minimum absolute atomic E-state index is 0.657. The third-order valence-electron chi connectivity index (χ3n) is 3.12. The molecule has 0 aliphatic carbocycles. The van der Waals surface area contributed by atoms with Gasteiger partial charge in [0, 0.05) is 13.6 Å². The summed E-state index contributed by atoms with van der Waals surface area (Å²) >= 11 is 0. The standard InChI is InChI=1S/C16H16N2O/c1-12-8-9-15-14(10-12)17-16(19-15)18(2)11-13-6-4-3-5-7-13/h3-10H,11H2,1-2H3. The van der Waals surface area contributed by atoms with E-state index in [2.05, 4.69) is 24.0 Å². The number of hydrogen-bond donors (Lipinski definition) is 0. The first-order chi connectivity index (χ1) is 9.22. The molecule has 3 nitrogen and oxygen atoms in total. The Morgan fingerprint density at radius 1 is 1.11 bits per heavy atom. The van der Waals surface area contributed by atoms with E-state index in [1.54, 1.807) is 0 Å². The number of oxazole rings is 1. The van der Waals surface area contributed by atoms with Gasteiger partial charge in [0.05, 0.1) is 0 Å². The molecular formula is C16H16N2O. The number of rotatable bonds is 3. The average Bonchev–Trinajstić information content (AvgIpc) is 2.83. The van der Waals surface area contributed by atoms with Crippen LogP contribution in [0, 0.1) is 6.92 Å². The van der Waals surface area contributed by atoms with Crippen molar-refractivity contribution in [2.45, 2.75) is 13.5 Å². The van der Waals surface area contributed by atoms with E-state index in [1.165, 1.54) is 11.1 Å². The first-order valence-electron chi connectivity index (χ1n) is 6.34. The molecule has 0 aliphatic heterocycles. The average molecular weight is 252 g/mol. The molecule has 0 N–H and O–H groups in total. The van der Waals surface area contributed by atoms with Crippen LogP contribution in [0.3, 0.4) is 0 Å². The molecule has 0 radical (unpaired) electrons. The van der Waals surface area contributed by atoms with Gasteiger partial charge in [0.2, 0.25) is 0 Å². The van der Waals surface area contributed by atoms with E-state index < -0.39 is 0 Å². The molecule has 3 aromatic rings. The van der Waals surface area contributed by atoms with Crippen LogP contribution in [0.2, 0.25) is 0 Å². The lowest BCUT2D eigenvalue weighted by molar-refractivity contribution is 0.582. The van der Waals surface area contributed by atoms with E-state index in [0.29, 0.717) is 6.01 Å². The van der Waals surface area contributed by atoms with Crippen molar-refractivity contribution in [2.75, 3.05) is 11.9 Å². The molecule has 19 heavy (non-hydrogen) atoms. The maximum absolute atomic E-state index is 5.77. The maximum Gasteiger partial charge on any atom is 0.298 e. The predicted octanol–water partition coefficient (Wildman–Crippen LogP) is 3.77. The quantitative estimate of drug-likeness (QED) is 0.710. The van der Waals surface area contributed by atoms with Crippen molar-refractivity contribution in [3.8, 4) is 0 Å². The number of aryl methyl sites for hydroxylation is 1. The van der Waals surface area contributed by atoms with Gasteiger partial charge >= 0.3 is 0 Å². The van der Waals surface area contributed by atoms with Crippen LogP contribution in [0.25, 0.3) is 11.1 Å². The number of fused-ring (bicyclic) bond motifs is 1. The summed E-state index contributed by atoms with van der Waals surface area (Å²) in [6.07, 6.45) is 0. The molecule has 0 atom stereocenters. The first-order valence-corrected chi connectivity index (χ1v) is 6.34. The molecule has 1 aromatic heterocycles. The monoisotopic (exact) mass is 252 g/mol. The van der Waals surface area contributed by atoms with Crippen molar-refractivity contribution in [3.63, 3.8) is 0 Å². The number of nitrogens with zero attached hydrogens (tertiary/aromatic N) is 2. The molecule has 0 aliphatic rings. The van der Waals surface area contributed by atoms with E-state index >= 15 is 0 Å². The van der Waals surface area contributed by atoms with Crippen LogP contribution >= 0.6 is 0 Å². The summed E-state index contributed by atoms with van der Waals surface area (Å²) in [6.45, 7) is 2.84. The minimum Gasteiger partial charge on any atom is -0.423 e. The summed E-state index contributed by atoms with van der Waals surface area (Å²) in [7, 11) is 1.99. The number of anilines is 1. The fraction of sp³-hybridized carbons (Fsp3) is 0.188. The van der Waals surface area contributed by atoms with E-state index in [9.17, 15) is 0 Å². The van der Waals surface area contributed by atoms with E-state index in [-0.39, 0.29) is 0 Å². The maximum atomic E-state index is 5.77. The Balaban J connectivity index is 1.87. The Morgan fingerprint density at radius 2 is 1.89 bits per heavy atom. The second-order valence-electron chi connectivity index (χ2n) is 4.81. The lowest BCUT2D eigenvalue weighted by Crippen LogP contribution is -2.16. The van der Waals surface area contributed by atoms with Crippen LogP contribution in [0.1, 0.15) is 11.1 Å². The fourth-order valence-electron chi connectivity index (χ4n) is 2.11. The zero-order chi connectivity index (χ0) is 13.2. The van der Waals surface area contributed by atoms with E-state index in [4.69, 9.17) is 4.42 Å². The summed E-state index contributed by atoms with van der Waals surface area (Å²) in [6, 6.07) is 17.0. The second kappa shape index (κ2) is 4.76. The Hall–Kier alpha value is -2.29. The SMILES string of the molecule is Cc1ccc2oc(N(C)Cc3ccccc3)nc2c1. The molecule has 0 spiro atoms. The van der Waals surface area contributed by atoms with Gasteiger partial charge in [-0.15, -0.1) is 0 Å². The number of aromatic nitrogens is 1. The molecule has 0 unspecified atom stereocenters. The molecule has 0 bridgehead atoms. The second-order valence-corrected chi connectivity index (χ2v) is 4.81. The van der Waals surface area contributed by atoms with E-state index in [0.717, 1.165) is 17.6 Å². The lowest BCUT2D eigenvalue weighted by Gasteiger charge is -2.13. The van der Waals surface area contributed by atoms with Gasteiger partial charge in [0.25, 0.3) is 6.01 Å². The summed E-state index contributed by atoms with van der Waals surface area (Å²) in [5.74, 6) is 0. The van der Waals surface area contributed by atoms with Gasteiger partial charge in [-0.2, -0.15) is 4.98 Å². The van der Waals surface area contributed by atoms with Crippen molar-refractivity contribution in [1.29, 1.82) is 0 Å². The van der Waals surface area contributed by atoms with Crippen molar-refractivity contribution >= 4 is 17.1 Å². The molecule has 0 fully saturated rings. The molecule has 96 valence electrons. The van der Waals surface area contributed by atoms with Crippen LogP contribution in [0.4, 0.5) is 6.01 Å². The Morgan fingerprint density at radius 3 is 2.68 bits per heavy atom. The van der Waals surface area contributed by atoms with Crippen LogP contribution in [0.5, 0.6) is 0 Å². The van der Waals surface area contributed by atoms with Crippen LogP contribution in [0.15, 0.2) is 52.9 Å². The van der Waals surface area contributed by atoms with Crippen molar-refractivity contribution in [2.24, 2.45) is 0 Å². The zero-order valence-corrected chi connectivity index (χ0v) is 11.1. The topological polar surface area (TPSA) is 29.3 Å². The summed E-state index contributed by atoms with van der Waals surface area (Å²) < 4.78 is 5.77. The largest absolute Gasteiger partial charge is 0.423 e. The summed E-state index contributed by atoms with van der Waals surface area (Å²) in [5, 5.41) is 0.